The van der Waals surface area contributed by atoms with E-state index in [1.54, 1.807) is 23.5 Å². The lowest BCUT2D eigenvalue weighted by molar-refractivity contribution is -1.02. The van der Waals surface area contributed by atoms with Gasteiger partial charge in [-0.05, 0) is 36.6 Å². The van der Waals surface area contributed by atoms with Gasteiger partial charge in [-0.15, -0.1) is 21.5 Å². The molecule has 2 aromatic heterocycles. The Balaban J connectivity index is 1.27. The minimum atomic E-state index is -0.357. The fraction of sp³-hybridized carbons (Fsp3) is 0.350. The zero-order chi connectivity index (χ0) is 20.2. The fourth-order valence-electron chi connectivity index (χ4n) is 3.62. The van der Waals surface area contributed by atoms with Gasteiger partial charge in [0.2, 0.25) is 0 Å². The summed E-state index contributed by atoms with van der Waals surface area (Å²) in [7, 11) is 0. The number of nitrogens with one attached hydrogen (secondary N) is 3. The second-order valence-corrected chi connectivity index (χ2v) is 8.24. The standard InChI is InChI=1S/C20H22FN5O2S/c1-14(19-23-24-20(28-19)17-6-3-11-29-17)26-9-7-25(8-10-26)13-18(27)22-16-5-2-4-15(21)12-16/h2-6,11-12,14H,7-10,13H2,1H3,(H,22,27)/p+2/t14-/m0/s1. The molecule has 0 spiro atoms. The average molecular weight is 418 g/mol. The molecule has 1 aromatic carbocycles. The largest absolute Gasteiger partial charge is 0.414 e. The molecule has 0 radical (unpaired) electrons. The summed E-state index contributed by atoms with van der Waals surface area (Å²) in [5.74, 6) is 0.763. The number of halogens is 1. The van der Waals surface area contributed by atoms with E-state index in [0.29, 0.717) is 24.0 Å². The van der Waals surface area contributed by atoms with Crippen LogP contribution in [0.3, 0.4) is 0 Å². The maximum Gasteiger partial charge on any atom is 0.279 e. The number of anilines is 1. The normalized spacial score (nSPS) is 20.3. The molecular weight excluding hydrogens is 393 g/mol. The van der Waals surface area contributed by atoms with Crippen LogP contribution in [0, 0.1) is 5.82 Å². The van der Waals surface area contributed by atoms with E-state index in [4.69, 9.17) is 4.42 Å². The van der Waals surface area contributed by atoms with Gasteiger partial charge in [-0.25, -0.2) is 4.39 Å². The first-order valence-electron chi connectivity index (χ1n) is 9.69. The van der Waals surface area contributed by atoms with Crippen LogP contribution in [-0.2, 0) is 4.79 Å². The zero-order valence-electron chi connectivity index (χ0n) is 16.2. The molecule has 4 rings (SSSR count). The summed E-state index contributed by atoms with van der Waals surface area (Å²) in [6.45, 7) is 6.06. The quantitative estimate of drug-likeness (QED) is 0.543. The van der Waals surface area contributed by atoms with E-state index in [1.165, 1.54) is 21.9 Å². The van der Waals surface area contributed by atoms with Gasteiger partial charge >= 0.3 is 0 Å². The highest BCUT2D eigenvalue weighted by Gasteiger charge is 2.31. The van der Waals surface area contributed by atoms with Crippen LogP contribution in [0.2, 0.25) is 0 Å². The Hall–Kier alpha value is -2.62. The molecule has 9 heteroatoms. The lowest BCUT2D eigenvalue weighted by Gasteiger charge is -2.31. The number of carbonyl (C=O) groups excluding carboxylic acids is 1. The molecule has 29 heavy (non-hydrogen) atoms. The molecule has 3 heterocycles. The van der Waals surface area contributed by atoms with Gasteiger partial charge in [-0.3, -0.25) is 4.79 Å². The van der Waals surface area contributed by atoms with Crippen LogP contribution in [-0.4, -0.2) is 48.8 Å². The number of nitrogens with zero attached hydrogens (tertiary/aromatic N) is 2. The molecular formula is C20H24FN5O2S+2. The lowest BCUT2D eigenvalue weighted by atomic mass is 10.2. The summed E-state index contributed by atoms with van der Waals surface area (Å²) < 4.78 is 19.1. The number of piperazine rings is 1. The van der Waals surface area contributed by atoms with Crippen molar-refractivity contribution >= 4 is 22.9 Å². The van der Waals surface area contributed by atoms with Crippen molar-refractivity contribution in [2.45, 2.75) is 13.0 Å². The second-order valence-electron chi connectivity index (χ2n) is 7.29. The van der Waals surface area contributed by atoms with Crippen molar-refractivity contribution in [2.75, 3.05) is 38.0 Å². The van der Waals surface area contributed by atoms with Gasteiger partial charge in [0.25, 0.3) is 17.7 Å². The van der Waals surface area contributed by atoms with Crippen molar-refractivity contribution in [2.24, 2.45) is 0 Å². The van der Waals surface area contributed by atoms with E-state index in [2.05, 4.69) is 22.4 Å². The van der Waals surface area contributed by atoms with E-state index < -0.39 is 0 Å². The van der Waals surface area contributed by atoms with Gasteiger partial charge in [-0.2, -0.15) is 0 Å². The highest BCUT2D eigenvalue weighted by Crippen LogP contribution is 2.24. The van der Waals surface area contributed by atoms with Gasteiger partial charge < -0.3 is 19.5 Å². The number of hydrogen-bond acceptors (Lipinski definition) is 5. The van der Waals surface area contributed by atoms with Crippen molar-refractivity contribution in [1.82, 2.24) is 10.2 Å². The predicted molar refractivity (Wildman–Crippen MR) is 107 cm³/mol. The minimum Gasteiger partial charge on any atom is -0.414 e. The lowest BCUT2D eigenvalue weighted by Crippen LogP contribution is -3.28. The van der Waals surface area contributed by atoms with E-state index in [1.807, 2.05) is 17.5 Å². The molecule has 1 aliphatic heterocycles. The molecule has 0 saturated carbocycles. The molecule has 152 valence electrons. The van der Waals surface area contributed by atoms with Crippen LogP contribution < -0.4 is 15.1 Å². The molecule has 0 unspecified atom stereocenters. The monoisotopic (exact) mass is 417 g/mol. The summed E-state index contributed by atoms with van der Waals surface area (Å²) in [4.78, 5) is 15.8. The van der Waals surface area contributed by atoms with Crippen LogP contribution >= 0.6 is 11.3 Å². The van der Waals surface area contributed by atoms with Gasteiger partial charge in [0.1, 0.15) is 32.0 Å². The first-order chi connectivity index (χ1) is 14.1. The Morgan fingerprint density at radius 2 is 2.07 bits per heavy atom. The molecule has 0 aliphatic carbocycles. The molecule has 3 aromatic rings. The van der Waals surface area contributed by atoms with E-state index >= 15 is 0 Å². The summed E-state index contributed by atoms with van der Waals surface area (Å²) in [5.41, 5.74) is 0.491. The molecule has 1 saturated heterocycles. The second kappa shape index (κ2) is 8.81. The first kappa shape index (κ1) is 19.7. The van der Waals surface area contributed by atoms with E-state index in [9.17, 15) is 9.18 Å². The van der Waals surface area contributed by atoms with Gasteiger partial charge in [-0.1, -0.05) is 12.1 Å². The summed E-state index contributed by atoms with van der Waals surface area (Å²) >= 11 is 1.58. The Morgan fingerprint density at radius 3 is 2.79 bits per heavy atom. The van der Waals surface area contributed by atoms with Crippen molar-refractivity contribution in [3.63, 3.8) is 0 Å². The summed E-state index contributed by atoms with van der Waals surface area (Å²) in [6.07, 6.45) is 0. The Kier molecular flexibility index (Phi) is 5.98. The first-order valence-corrected chi connectivity index (χ1v) is 10.6. The van der Waals surface area contributed by atoms with Crippen molar-refractivity contribution in [3.05, 3.63) is 53.5 Å². The number of rotatable bonds is 6. The van der Waals surface area contributed by atoms with Gasteiger partial charge in [0.05, 0.1) is 4.88 Å². The third-order valence-corrected chi connectivity index (χ3v) is 6.13. The fourth-order valence-corrected chi connectivity index (χ4v) is 4.26. The van der Waals surface area contributed by atoms with Crippen molar-refractivity contribution < 1.29 is 23.4 Å². The van der Waals surface area contributed by atoms with E-state index in [-0.39, 0.29) is 17.8 Å². The predicted octanol–water partition coefficient (Wildman–Crippen LogP) is 0.420. The van der Waals surface area contributed by atoms with Crippen LogP contribution in [0.1, 0.15) is 18.9 Å². The average Bonchev–Trinajstić information content (AvgIpc) is 3.40. The zero-order valence-corrected chi connectivity index (χ0v) is 17.0. The van der Waals surface area contributed by atoms with Crippen molar-refractivity contribution in [3.8, 4) is 10.8 Å². The molecule has 3 N–H and O–H groups in total. The molecule has 1 atom stereocenters. The number of quaternary nitrogens is 2. The third kappa shape index (κ3) is 4.87. The van der Waals surface area contributed by atoms with Gasteiger partial charge in [0.15, 0.2) is 12.6 Å². The smallest absolute Gasteiger partial charge is 0.279 e. The number of thiophene rings is 1. The minimum absolute atomic E-state index is 0.0976. The molecule has 7 nitrogen and oxygen atoms in total. The number of amides is 1. The maximum absolute atomic E-state index is 13.2. The molecule has 1 aliphatic rings. The number of hydrogen-bond donors (Lipinski definition) is 3. The molecule has 0 bridgehead atoms. The Morgan fingerprint density at radius 1 is 1.24 bits per heavy atom. The summed E-state index contributed by atoms with van der Waals surface area (Å²) in [5, 5.41) is 13.2. The number of aromatic nitrogens is 2. The maximum atomic E-state index is 13.2. The van der Waals surface area contributed by atoms with Crippen LogP contribution in [0.5, 0.6) is 0 Å². The van der Waals surface area contributed by atoms with Crippen LogP contribution in [0.25, 0.3) is 10.8 Å². The molecule has 1 amide bonds. The summed E-state index contributed by atoms with van der Waals surface area (Å²) in [6, 6.07) is 10.0. The van der Waals surface area contributed by atoms with E-state index in [0.717, 1.165) is 31.1 Å². The van der Waals surface area contributed by atoms with Crippen LogP contribution in [0.4, 0.5) is 10.1 Å². The topological polar surface area (TPSA) is 76.9 Å². The number of carbonyl (C=O) groups is 1. The van der Waals surface area contributed by atoms with Gasteiger partial charge in [0, 0.05) is 5.69 Å². The Labute approximate surface area is 172 Å². The van der Waals surface area contributed by atoms with Crippen LogP contribution in [0.15, 0.2) is 46.2 Å². The highest BCUT2D eigenvalue weighted by molar-refractivity contribution is 7.13. The SMILES string of the molecule is C[C@@H](c1nnc(-c2cccs2)o1)[NH+]1CC[NH+](CC(=O)Nc2cccc(F)c2)CC1. The molecule has 1 fully saturated rings. The van der Waals surface area contributed by atoms with Crippen molar-refractivity contribution in [1.29, 1.82) is 0 Å². The number of benzene rings is 1. The third-order valence-electron chi connectivity index (χ3n) is 5.27. The Bertz CT molecular complexity index is 953. The highest BCUT2D eigenvalue weighted by atomic mass is 32.1.